The zero-order chi connectivity index (χ0) is 20.4. The summed E-state index contributed by atoms with van der Waals surface area (Å²) in [7, 11) is 0. The first-order valence-electron chi connectivity index (χ1n) is 9.52. The molecule has 0 radical (unpaired) electrons. The van der Waals surface area contributed by atoms with Crippen molar-refractivity contribution in [2.24, 2.45) is 4.99 Å². The highest BCUT2D eigenvalue weighted by Gasteiger charge is 2.24. The maximum atomic E-state index is 12.5. The Balaban J connectivity index is 1.94. The van der Waals surface area contributed by atoms with Gasteiger partial charge in [-0.05, 0) is 32.8 Å². The van der Waals surface area contributed by atoms with E-state index in [4.69, 9.17) is 4.74 Å². The first-order valence-corrected chi connectivity index (χ1v) is 9.52. The Morgan fingerprint density at radius 2 is 2.00 bits per heavy atom. The average molecular weight is 398 g/mol. The number of carbonyl (C=O) groups is 1. The molecule has 1 fully saturated rings. The molecule has 1 heterocycles. The van der Waals surface area contributed by atoms with Crippen molar-refractivity contribution in [1.29, 1.82) is 0 Å². The Hall–Kier alpha value is -2.58. The van der Waals surface area contributed by atoms with Crippen molar-refractivity contribution in [3.8, 4) is 5.75 Å². The molecule has 1 saturated heterocycles. The lowest BCUT2D eigenvalue weighted by Gasteiger charge is -2.32. The average Bonchev–Trinajstić information content (AvgIpc) is 2.67. The topological polar surface area (TPSA) is 75.2 Å². The molecule has 0 saturated carbocycles. The highest BCUT2D eigenvalue weighted by molar-refractivity contribution is 5.80. The molecular formula is C19H28F2N4O3. The van der Waals surface area contributed by atoms with Crippen molar-refractivity contribution in [3.63, 3.8) is 0 Å². The number of aliphatic imine (C=N–C) groups is 1. The third-order valence-electron chi connectivity index (χ3n) is 4.30. The number of rotatable bonds is 7. The van der Waals surface area contributed by atoms with Gasteiger partial charge in [0.05, 0.1) is 13.2 Å². The molecule has 0 spiro atoms. The standard InChI is InChI=1S/C19H28F2N4O3/c1-3-22-18(23-13-14-7-5-6-8-16(14)28-17(20)21)24-15-9-11-25(12-10-15)19(26)27-4-2/h5-8,15,17H,3-4,9-13H2,1-2H3,(H2,22,23,24). The van der Waals surface area contributed by atoms with Crippen molar-refractivity contribution >= 4 is 12.1 Å². The predicted molar refractivity (Wildman–Crippen MR) is 103 cm³/mol. The van der Waals surface area contributed by atoms with Gasteiger partial charge >= 0.3 is 12.7 Å². The van der Waals surface area contributed by atoms with Crippen LogP contribution >= 0.6 is 0 Å². The van der Waals surface area contributed by atoms with E-state index in [1.54, 1.807) is 30.0 Å². The SMILES string of the molecule is CCNC(=NCc1ccccc1OC(F)F)NC1CCN(C(=O)OCC)CC1. The number of alkyl halides is 2. The van der Waals surface area contributed by atoms with Crippen LogP contribution in [0, 0.1) is 0 Å². The second-order valence-electron chi connectivity index (χ2n) is 6.29. The Morgan fingerprint density at radius 1 is 1.29 bits per heavy atom. The summed E-state index contributed by atoms with van der Waals surface area (Å²) in [6, 6.07) is 6.78. The number of guanidine groups is 1. The largest absolute Gasteiger partial charge is 0.450 e. The van der Waals surface area contributed by atoms with Crippen LogP contribution in [0.25, 0.3) is 0 Å². The molecule has 0 atom stereocenters. The minimum absolute atomic E-state index is 0.125. The van der Waals surface area contributed by atoms with Crippen molar-refractivity contribution in [2.75, 3.05) is 26.2 Å². The Morgan fingerprint density at radius 3 is 2.64 bits per heavy atom. The smallest absolute Gasteiger partial charge is 0.409 e. The summed E-state index contributed by atoms with van der Waals surface area (Å²) < 4.78 is 34.7. The van der Waals surface area contributed by atoms with Crippen LogP contribution in [-0.4, -0.2) is 55.8 Å². The van der Waals surface area contributed by atoms with E-state index in [0.717, 1.165) is 12.8 Å². The lowest BCUT2D eigenvalue weighted by atomic mass is 10.1. The third-order valence-corrected chi connectivity index (χ3v) is 4.30. The van der Waals surface area contributed by atoms with E-state index in [-0.39, 0.29) is 24.4 Å². The fourth-order valence-corrected chi connectivity index (χ4v) is 2.94. The van der Waals surface area contributed by atoms with Gasteiger partial charge in [0.15, 0.2) is 5.96 Å². The van der Waals surface area contributed by atoms with E-state index in [0.29, 0.717) is 37.8 Å². The van der Waals surface area contributed by atoms with Crippen LogP contribution < -0.4 is 15.4 Å². The van der Waals surface area contributed by atoms with E-state index in [9.17, 15) is 13.6 Å². The van der Waals surface area contributed by atoms with Crippen LogP contribution in [0.1, 0.15) is 32.3 Å². The second kappa shape index (κ2) is 11.3. The van der Waals surface area contributed by atoms with Crippen molar-refractivity contribution in [3.05, 3.63) is 29.8 Å². The van der Waals surface area contributed by atoms with Crippen LogP contribution in [0.5, 0.6) is 5.75 Å². The Bertz CT molecular complexity index is 650. The number of amides is 1. The predicted octanol–water partition coefficient (Wildman–Crippen LogP) is 2.96. The lowest BCUT2D eigenvalue weighted by molar-refractivity contribution is -0.0504. The van der Waals surface area contributed by atoms with Gasteiger partial charge in [-0.2, -0.15) is 8.78 Å². The van der Waals surface area contributed by atoms with E-state index in [2.05, 4.69) is 20.4 Å². The summed E-state index contributed by atoms with van der Waals surface area (Å²) >= 11 is 0. The minimum Gasteiger partial charge on any atom is -0.450 e. The maximum Gasteiger partial charge on any atom is 0.409 e. The molecule has 9 heteroatoms. The number of benzene rings is 1. The van der Waals surface area contributed by atoms with Crippen LogP contribution in [0.3, 0.4) is 0 Å². The number of piperidine rings is 1. The number of nitrogens with zero attached hydrogens (tertiary/aromatic N) is 2. The molecule has 0 bridgehead atoms. The van der Waals surface area contributed by atoms with Crippen molar-refractivity contribution < 1.29 is 23.0 Å². The maximum absolute atomic E-state index is 12.5. The summed E-state index contributed by atoms with van der Waals surface area (Å²) in [6.07, 6.45) is 1.26. The fourth-order valence-electron chi connectivity index (χ4n) is 2.94. The molecule has 1 amide bonds. The molecule has 2 N–H and O–H groups in total. The van der Waals surface area contributed by atoms with Crippen LogP contribution in [0.2, 0.25) is 0 Å². The number of hydrogen-bond donors (Lipinski definition) is 2. The highest BCUT2D eigenvalue weighted by Crippen LogP contribution is 2.21. The van der Waals surface area contributed by atoms with Crippen LogP contribution in [0.15, 0.2) is 29.3 Å². The van der Waals surface area contributed by atoms with E-state index >= 15 is 0 Å². The molecule has 1 aliphatic heterocycles. The molecule has 1 aliphatic rings. The van der Waals surface area contributed by atoms with Gasteiger partial charge in [-0.3, -0.25) is 0 Å². The third kappa shape index (κ3) is 6.86. The fraction of sp³-hybridized carbons (Fsp3) is 0.579. The molecule has 0 aliphatic carbocycles. The van der Waals surface area contributed by atoms with Crippen LogP contribution in [0.4, 0.5) is 13.6 Å². The monoisotopic (exact) mass is 398 g/mol. The van der Waals surface area contributed by atoms with Gasteiger partial charge in [0.1, 0.15) is 5.75 Å². The molecule has 156 valence electrons. The summed E-state index contributed by atoms with van der Waals surface area (Å²) in [6.45, 7) is 3.33. The second-order valence-corrected chi connectivity index (χ2v) is 6.29. The Kier molecular flexibility index (Phi) is 8.77. The molecule has 28 heavy (non-hydrogen) atoms. The lowest BCUT2D eigenvalue weighted by Crippen LogP contribution is -2.49. The molecule has 0 unspecified atom stereocenters. The minimum atomic E-state index is -2.87. The van der Waals surface area contributed by atoms with Gasteiger partial charge in [0.25, 0.3) is 0 Å². The van der Waals surface area contributed by atoms with E-state index < -0.39 is 6.61 Å². The number of likely N-dealkylation sites (tertiary alicyclic amines) is 1. The number of carbonyl (C=O) groups excluding carboxylic acids is 1. The molecule has 2 rings (SSSR count). The zero-order valence-corrected chi connectivity index (χ0v) is 16.3. The number of para-hydroxylation sites is 1. The van der Waals surface area contributed by atoms with Gasteiger partial charge in [-0.15, -0.1) is 0 Å². The number of halogens is 2. The normalized spacial score (nSPS) is 15.5. The first kappa shape index (κ1) is 21.7. The number of ether oxygens (including phenoxy) is 2. The van der Waals surface area contributed by atoms with Gasteiger partial charge in [0, 0.05) is 31.2 Å². The highest BCUT2D eigenvalue weighted by atomic mass is 19.3. The summed E-state index contributed by atoms with van der Waals surface area (Å²) in [5, 5.41) is 6.51. The van der Waals surface area contributed by atoms with Crippen LogP contribution in [-0.2, 0) is 11.3 Å². The van der Waals surface area contributed by atoms with Gasteiger partial charge in [-0.25, -0.2) is 9.79 Å². The number of nitrogens with one attached hydrogen (secondary N) is 2. The number of hydrogen-bond acceptors (Lipinski definition) is 4. The van der Waals surface area contributed by atoms with E-state index in [1.807, 2.05) is 6.92 Å². The summed E-state index contributed by atoms with van der Waals surface area (Å²) in [5.74, 6) is 0.726. The van der Waals surface area contributed by atoms with Crippen molar-refractivity contribution in [2.45, 2.75) is 45.9 Å². The molecule has 1 aromatic rings. The van der Waals surface area contributed by atoms with E-state index in [1.165, 1.54) is 6.07 Å². The molecular weight excluding hydrogens is 370 g/mol. The van der Waals surface area contributed by atoms with Gasteiger partial charge < -0.3 is 25.0 Å². The molecule has 0 aromatic heterocycles. The quantitative estimate of drug-likeness (QED) is 0.546. The zero-order valence-electron chi connectivity index (χ0n) is 16.3. The Labute approximate surface area is 164 Å². The van der Waals surface area contributed by atoms with Crippen molar-refractivity contribution in [1.82, 2.24) is 15.5 Å². The molecule has 7 nitrogen and oxygen atoms in total. The summed E-state index contributed by atoms with van der Waals surface area (Å²) in [4.78, 5) is 18.0. The first-order chi connectivity index (χ1) is 13.5. The summed E-state index contributed by atoms with van der Waals surface area (Å²) in [5.41, 5.74) is 0.581. The van der Waals surface area contributed by atoms with Gasteiger partial charge in [0.2, 0.25) is 0 Å². The van der Waals surface area contributed by atoms with Gasteiger partial charge in [-0.1, -0.05) is 18.2 Å². The molecule has 1 aromatic carbocycles.